The van der Waals surface area contributed by atoms with Gasteiger partial charge in [-0.2, -0.15) is 0 Å². The van der Waals surface area contributed by atoms with Crippen molar-refractivity contribution in [3.05, 3.63) is 113 Å². The number of hydrogen-bond donors (Lipinski definition) is 1. The van der Waals surface area contributed by atoms with Crippen molar-refractivity contribution in [2.45, 2.75) is 13.3 Å². The molecule has 30 heavy (non-hydrogen) atoms. The maximum atomic E-state index is 10.8. The Kier molecular flexibility index (Phi) is 5.92. The van der Waals surface area contributed by atoms with Gasteiger partial charge < -0.3 is 5.11 Å². The van der Waals surface area contributed by atoms with Gasteiger partial charge in [-0.05, 0) is 52.3 Å². The van der Waals surface area contributed by atoms with E-state index in [2.05, 4.69) is 73.7 Å². The molecule has 0 unspecified atom stereocenters. The van der Waals surface area contributed by atoms with E-state index < -0.39 is 5.97 Å². The molecule has 0 fully saturated rings. The zero-order valence-electron chi connectivity index (χ0n) is 16.7. The summed E-state index contributed by atoms with van der Waals surface area (Å²) in [5, 5.41) is 10.1. The molecule has 1 heterocycles. The summed E-state index contributed by atoms with van der Waals surface area (Å²) in [7, 11) is 0. The topological polar surface area (TPSA) is 37.3 Å². The highest BCUT2D eigenvalue weighted by atomic mass is 32.1. The molecule has 0 atom stereocenters. The SMILES string of the molecule is CCC(=C(c1ccc(C=CC(=O)O)cc1)c1cc2ccccc2s1)c1ccccc1. The maximum Gasteiger partial charge on any atom is 0.328 e. The Hall–Kier alpha value is -3.43. The van der Waals surface area contributed by atoms with Gasteiger partial charge in [-0.25, -0.2) is 4.79 Å². The summed E-state index contributed by atoms with van der Waals surface area (Å²) in [6, 6.07) is 29.4. The Morgan fingerprint density at radius 3 is 2.27 bits per heavy atom. The van der Waals surface area contributed by atoms with Crippen LogP contribution < -0.4 is 0 Å². The first-order valence-corrected chi connectivity index (χ1v) is 10.8. The van der Waals surface area contributed by atoms with Crippen molar-refractivity contribution in [1.82, 2.24) is 0 Å². The van der Waals surface area contributed by atoms with Gasteiger partial charge in [0.1, 0.15) is 0 Å². The highest BCUT2D eigenvalue weighted by Gasteiger charge is 2.15. The molecule has 0 spiro atoms. The number of carbonyl (C=O) groups is 1. The minimum absolute atomic E-state index is 0.870. The van der Waals surface area contributed by atoms with E-state index >= 15 is 0 Å². The van der Waals surface area contributed by atoms with Crippen LogP contribution in [0.2, 0.25) is 0 Å². The molecule has 0 aliphatic carbocycles. The summed E-state index contributed by atoms with van der Waals surface area (Å²) in [5.74, 6) is -0.942. The normalized spacial score (nSPS) is 12.3. The fourth-order valence-electron chi connectivity index (χ4n) is 3.66. The fourth-order valence-corrected chi connectivity index (χ4v) is 4.82. The van der Waals surface area contributed by atoms with E-state index in [1.54, 1.807) is 6.08 Å². The van der Waals surface area contributed by atoms with Crippen LogP contribution in [0.4, 0.5) is 0 Å². The Balaban J connectivity index is 1.89. The Labute approximate surface area is 180 Å². The Bertz CT molecular complexity index is 1200. The minimum Gasteiger partial charge on any atom is -0.478 e. The Morgan fingerprint density at radius 2 is 1.60 bits per heavy atom. The average Bonchev–Trinajstić information content (AvgIpc) is 3.20. The first kappa shape index (κ1) is 19.9. The molecule has 1 aromatic heterocycles. The number of aliphatic carboxylic acids is 1. The van der Waals surface area contributed by atoms with Gasteiger partial charge in [-0.3, -0.25) is 0 Å². The lowest BCUT2D eigenvalue weighted by Gasteiger charge is -2.15. The van der Waals surface area contributed by atoms with Crippen molar-refractivity contribution in [3.8, 4) is 0 Å². The molecule has 3 aromatic carbocycles. The van der Waals surface area contributed by atoms with Crippen LogP contribution in [-0.4, -0.2) is 11.1 Å². The number of rotatable bonds is 6. The van der Waals surface area contributed by atoms with E-state index in [1.807, 2.05) is 29.5 Å². The third kappa shape index (κ3) is 4.27. The van der Waals surface area contributed by atoms with Crippen LogP contribution in [0.5, 0.6) is 0 Å². The lowest BCUT2D eigenvalue weighted by molar-refractivity contribution is -0.131. The third-order valence-corrected chi connectivity index (χ3v) is 6.20. The number of hydrogen-bond acceptors (Lipinski definition) is 2. The standard InChI is InChI=1S/C27H22O2S/c1-2-23(20-8-4-3-5-9-20)27(25-18-22-10-6-7-11-24(22)30-25)21-15-12-19(13-16-21)14-17-26(28)29/h3-18H,2H2,1H3,(H,28,29). The number of allylic oxidation sites excluding steroid dienone is 1. The summed E-state index contributed by atoms with van der Waals surface area (Å²) >= 11 is 1.81. The zero-order valence-corrected chi connectivity index (χ0v) is 17.5. The van der Waals surface area contributed by atoms with Crippen molar-refractivity contribution in [2.75, 3.05) is 0 Å². The predicted molar refractivity (Wildman–Crippen MR) is 128 cm³/mol. The van der Waals surface area contributed by atoms with Gasteiger partial charge in [0.25, 0.3) is 0 Å². The molecule has 0 amide bonds. The molecule has 4 rings (SSSR count). The van der Waals surface area contributed by atoms with Crippen LogP contribution in [0.15, 0.2) is 91.0 Å². The van der Waals surface area contributed by atoms with Crippen molar-refractivity contribution in [3.63, 3.8) is 0 Å². The average molecular weight is 411 g/mol. The van der Waals surface area contributed by atoms with E-state index in [1.165, 1.54) is 37.7 Å². The highest BCUT2D eigenvalue weighted by Crippen LogP contribution is 2.39. The van der Waals surface area contributed by atoms with E-state index in [0.29, 0.717) is 0 Å². The summed E-state index contributed by atoms with van der Waals surface area (Å²) in [6.07, 6.45) is 3.69. The van der Waals surface area contributed by atoms with Crippen LogP contribution in [-0.2, 0) is 4.79 Å². The molecule has 2 nitrogen and oxygen atoms in total. The van der Waals surface area contributed by atoms with Gasteiger partial charge in [0, 0.05) is 21.2 Å². The predicted octanol–water partition coefficient (Wildman–Crippen LogP) is 7.37. The number of thiophene rings is 1. The second-order valence-electron chi connectivity index (χ2n) is 7.02. The van der Waals surface area contributed by atoms with Gasteiger partial charge in [0.15, 0.2) is 0 Å². The summed E-state index contributed by atoms with van der Waals surface area (Å²) in [4.78, 5) is 12.1. The largest absolute Gasteiger partial charge is 0.478 e. The van der Waals surface area contributed by atoms with Gasteiger partial charge in [0.2, 0.25) is 0 Å². The number of carboxylic acid groups (broad SMARTS) is 1. The molecule has 148 valence electrons. The van der Waals surface area contributed by atoms with Crippen molar-refractivity contribution in [1.29, 1.82) is 0 Å². The quantitative estimate of drug-likeness (QED) is 0.266. The molecule has 0 aliphatic heterocycles. The van der Waals surface area contributed by atoms with E-state index in [-0.39, 0.29) is 0 Å². The molecule has 3 heteroatoms. The molecule has 0 radical (unpaired) electrons. The second-order valence-corrected chi connectivity index (χ2v) is 8.10. The third-order valence-electron chi connectivity index (χ3n) is 5.07. The molecule has 0 saturated carbocycles. The van der Waals surface area contributed by atoms with Crippen LogP contribution in [0.1, 0.15) is 34.9 Å². The van der Waals surface area contributed by atoms with E-state index in [4.69, 9.17) is 5.11 Å². The molecular formula is C27H22O2S. The first-order chi connectivity index (χ1) is 14.7. The number of fused-ring (bicyclic) bond motifs is 1. The van der Waals surface area contributed by atoms with Crippen LogP contribution in [0.3, 0.4) is 0 Å². The molecule has 1 N–H and O–H groups in total. The minimum atomic E-state index is -0.942. The number of carboxylic acids is 1. The van der Waals surface area contributed by atoms with Crippen LogP contribution >= 0.6 is 11.3 Å². The molecule has 0 aliphatic rings. The van der Waals surface area contributed by atoms with E-state index in [9.17, 15) is 4.79 Å². The number of benzene rings is 3. The zero-order chi connectivity index (χ0) is 20.9. The van der Waals surface area contributed by atoms with Crippen LogP contribution in [0.25, 0.3) is 27.3 Å². The fraction of sp³-hybridized carbons (Fsp3) is 0.0741. The van der Waals surface area contributed by atoms with Crippen molar-refractivity contribution in [2.24, 2.45) is 0 Å². The lowest BCUT2D eigenvalue weighted by atomic mass is 9.91. The summed E-state index contributed by atoms with van der Waals surface area (Å²) < 4.78 is 1.27. The molecule has 4 aromatic rings. The maximum absolute atomic E-state index is 10.8. The molecular weight excluding hydrogens is 388 g/mol. The monoisotopic (exact) mass is 410 g/mol. The molecule has 0 bridgehead atoms. The summed E-state index contributed by atoms with van der Waals surface area (Å²) in [6.45, 7) is 2.19. The van der Waals surface area contributed by atoms with Gasteiger partial charge in [0.05, 0.1) is 0 Å². The smallest absolute Gasteiger partial charge is 0.328 e. The highest BCUT2D eigenvalue weighted by molar-refractivity contribution is 7.20. The molecule has 0 saturated heterocycles. The lowest BCUT2D eigenvalue weighted by Crippen LogP contribution is -1.93. The van der Waals surface area contributed by atoms with Gasteiger partial charge >= 0.3 is 5.97 Å². The van der Waals surface area contributed by atoms with Crippen LogP contribution in [0, 0.1) is 0 Å². The van der Waals surface area contributed by atoms with Gasteiger partial charge in [-0.15, -0.1) is 11.3 Å². The summed E-state index contributed by atoms with van der Waals surface area (Å²) in [5.41, 5.74) is 5.77. The first-order valence-electron chi connectivity index (χ1n) is 9.94. The Morgan fingerprint density at radius 1 is 0.900 bits per heavy atom. The van der Waals surface area contributed by atoms with Crippen molar-refractivity contribution < 1.29 is 9.90 Å². The van der Waals surface area contributed by atoms with Crippen molar-refractivity contribution >= 4 is 44.6 Å². The van der Waals surface area contributed by atoms with Gasteiger partial charge in [-0.1, -0.05) is 79.7 Å². The second kappa shape index (κ2) is 8.93. The van der Waals surface area contributed by atoms with E-state index in [0.717, 1.165) is 17.5 Å².